The topological polar surface area (TPSA) is 49.4 Å². The molecule has 2 rings (SSSR count). The average molecular weight is 401 g/mol. The fourth-order valence-electron chi connectivity index (χ4n) is 2.27. The molecule has 0 bridgehead atoms. The summed E-state index contributed by atoms with van der Waals surface area (Å²) in [4.78, 5) is 25.7. The van der Waals surface area contributed by atoms with Gasteiger partial charge in [0.25, 0.3) is 0 Å². The Bertz CT molecular complexity index is 815. The Morgan fingerprint density at radius 3 is 2.56 bits per heavy atom. The van der Waals surface area contributed by atoms with E-state index in [4.69, 9.17) is 0 Å². The lowest BCUT2D eigenvalue weighted by atomic mass is 10.1. The molecule has 25 heavy (non-hydrogen) atoms. The number of benzene rings is 2. The smallest absolute Gasteiger partial charge is 0.246 e. The molecule has 130 valence electrons. The van der Waals surface area contributed by atoms with E-state index in [0.29, 0.717) is 0 Å². The SMILES string of the molecule is Cc1cccc(NC(=O)CN(C)C(=O)/C=C/c2ccccc2Br)c1C. The van der Waals surface area contributed by atoms with E-state index in [1.807, 2.05) is 56.3 Å². The zero-order chi connectivity index (χ0) is 18.4. The molecule has 0 fully saturated rings. The Hall–Kier alpha value is -2.40. The molecule has 0 spiro atoms. The average Bonchev–Trinajstić information content (AvgIpc) is 2.58. The molecule has 2 aromatic rings. The molecule has 0 aliphatic rings. The molecule has 1 N–H and O–H groups in total. The molecule has 0 saturated carbocycles. The molecule has 2 amide bonds. The van der Waals surface area contributed by atoms with Crippen LogP contribution in [-0.4, -0.2) is 30.3 Å². The minimum atomic E-state index is -0.230. The highest BCUT2D eigenvalue weighted by molar-refractivity contribution is 9.10. The first kappa shape index (κ1) is 18.9. The van der Waals surface area contributed by atoms with Gasteiger partial charge in [0.2, 0.25) is 11.8 Å². The van der Waals surface area contributed by atoms with Gasteiger partial charge in [0.1, 0.15) is 0 Å². The van der Waals surface area contributed by atoms with Gasteiger partial charge in [0.15, 0.2) is 0 Å². The third-order valence-electron chi connectivity index (χ3n) is 3.95. The standard InChI is InChI=1S/C20H21BrN2O2/c1-14-7-6-10-18(15(14)2)22-19(24)13-23(3)20(25)12-11-16-8-4-5-9-17(16)21/h4-12H,13H2,1-3H3,(H,22,24)/b12-11+. The van der Waals surface area contributed by atoms with Crippen molar-refractivity contribution in [1.82, 2.24) is 4.90 Å². The van der Waals surface area contributed by atoms with Crippen LogP contribution >= 0.6 is 15.9 Å². The molecule has 0 aliphatic carbocycles. The van der Waals surface area contributed by atoms with Crippen molar-refractivity contribution in [2.24, 2.45) is 0 Å². The summed E-state index contributed by atoms with van der Waals surface area (Å²) in [6.07, 6.45) is 3.19. The summed E-state index contributed by atoms with van der Waals surface area (Å²) in [5.41, 5.74) is 3.82. The summed E-state index contributed by atoms with van der Waals surface area (Å²) >= 11 is 3.43. The van der Waals surface area contributed by atoms with Gasteiger partial charge in [-0.05, 0) is 48.7 Å². The van der Waals surface area contributed by atoms with Crippen molar-refractivity contribution in [3.05, 3.63) is 69.7 Å². The van der Waals surface area contributed by atoms with E-state index in [2.05, 4.69) is 21.2 Å². The van der Waals surface area contributed by atoms with Crippen LogP contribution in [0, 0.1) is 13.8 Å². The number of rotatable bonds is 5. The van der Waals surface area contributed by atoms with Crippen molar-refractivity contribution in [3.63, 3.8) is 0 Å². The quantitative estimate of drug-likeness (QED) is 0.765. The van der Waals surface area contributed by atoms with Gasteiger partial charge in [-0.2, -0.15) is 0 Å². The highest BCUT2D eigenvalue weighted by Crippen LogP contribution is 2.18. The van der Waals surface area contributed by atoms with Crippen molar-refractivity contribution in [1.29, 1.82) is 0 Å². The van der Waals surface area contributed by atoms with E-state index < -0.39 is 0 Å². The molecule has 0 atom stereocenters. The fraction of sp³-hybridized carbons (Fsp3) is 0.200. The van der Waals surface area contributed by atoms with E-state index in [9.17, 15) is 9.59 Å². The number of hydrogen-bond donors (Lipinski definition) is 1. The Kier molecular flexibility index (Phi) is 6.53. The lowest BCUT2D eigenvalue weighted by molar-refractivity contribution is -0.129. The summed E-state index contributed by atoms with van der Waals surface area (Å²) in [5.74, 6) is -0.453. The van der Waals surface area contributed by atoms with Crippen molar-refractivity contribution in [2.45, 2.75) is 13.8 Å². The van der Waals surface area contributed by atoms with Gasteiger partial charge in [-0.1, -0.05) is 46.3 Å². The molecule has 5 heteroatoms. The number of carbonyl (C=O) groups excluding carboxylic acids is 2. The van der Waals surface area contributed by atoms with Gasteiger partial charge in [-0.3, -0.25) is 9.59 Å². The molecule has 0 saturated heterocycles. The number of halogens is 1. The van der Waals surface area contributed by atoms with Gasteiger partial charge < -0.3 is 10.2 Å². The number of likely N-dealkylation sites (N-methyl/N-ethyl adjacent to an activating group) is 1. The second kappa shape index (κ2) is 8.62. The summed E-state index contributed by atoms with van der Waals surface area (Å²) in [6.45, 7) is 3.94. The van der Waals surface area contributed by atoms with Gasteiger partial charge in [0, 0.05) is 23.3 Å². The normalized spacial score (nSPS) is 10.7. The molecular formula is C20H21BrN2O2. The maximum atomic E-state index is 12.2. The number of carbonyl (C=O) groups is 2. The van der Waals surface area contributed by atoms with Crippen LogP contribution in [-0.2, 0) is 9.59 Å². The minimum Gasteiger partial charge on any atom is -0.333 e. The first-order valence-electron chi connectivity index (χ1n) is 7.92. The zero-order valence-electron chi connectivity index (χ0n) is 14.5. The van der Waals surface area contributed by atoms with E-state index in [0.717, 1.165) is 26.9 Å². The van der Waals surface area contributed by atoms with Crippen molar-refractivity contribution < 1.29 is 9.59 Å². The first-order valence-corrected chi connectivity index (χ1v) is 8.71. The van der Waals surface area contributed by atoms with E-state index in [1.54, 1.807) is 13.1 Å². The van der Waals surface area contributed by atoms with Gasteiger partial charge >= 0.3 is 0 Å². The number of anilines is 1. The molecule has 0 aromatic heterocycles. The first-order chi connectivity index (χ1) is 11.9. The maximum absolute atomic E-state index is 12.2. The number of hydrogen-bond acceptors (Lipinski definition) is 2. The fourth-order valence-corrected chi connectivity index (χ4v) is 2.69. The Labute approximate surface area is 156 Å². The van der Waals surface area contributed by atoms with E-state index in [1.165, 1.54) is 11.0 Å². The Balaban J connectivity index is 1.95. The number of aryl methyl sites for hydroxylation is 1. The highest BCUT2D eigenvalue weighted by Gasteiger charge is 2.12. The lowest BCUT2D eigenvalue weighted by Gasteiger charge is -2.16. The monoisotopic (exact) mass is 400 g/mol. The summed E-state index contributed by atoms with van der Waals surface area (Å²) in [6, 6.07) is 13.4. The second-order valence-electron chi connectivity index (χ2n) is 5.84. The van der Waals surface area contributed by atoms with Crippen LogP contribution in [0.1, 0.15) is 16.7 Å². The van der Waals surface area contributed by atoms with Crippen LogP contribution in [0.3, 0.4) is 0 Å². The van der Waals surface area contributed by atoms with Crippen LogP contribution < -0.4 is 5.32 Å². The maximum Gasteiger partial charge on any atom is 0.246 e. The van der Waals surface area contributed by atoms with E-state index in [-0.39, 0.29) is 18.4 Å². The molecule has 0 heterocycles. The molecular weight excluding hydrogens is 380 g/mol. The minimum absolute atomic E-state index is 0.00743. The van der Waals surface area contributed by atoms with Gasteiger partial charge in [-0.25, -0.2) is 0 Å². The predicted octanol–water partition coefficient (Wildman–Crippen LogP) is 4.18. The molecule has 0 aliphatic heterocycles. The van der Waals surface area contributed by atoms with Gasteiger partial charge in [-0.15, -0.1) is 0 Å². The molecule has 2 aromatic carbocycles. The third kappa shape index (κ3) is 5.29. The zero-order valence-corrected chi connectivity index (χ0v) is 16.1. The number of amides is 2. The summed E-state index contributed by atoms with van der Waals surface area (Å²) in [7, 11) is 1.61. The van der Waals surface area contributed by atoms with Crippen LogP contribution in [0.25, 0.3) is 6.08 Å². The summed E-state index contributed by atoms with van der Waals surface area (Å²) < 4.78 is 0.911. The Morgan fingerprint density at radius 1 is 1.12 bits per heavy atom. The molecule has 0 radical (unpaired) electrons. The van der Waals surface area contributed by atoms with Crippen molar-refractivity contribution in [3.8, 4) is 0 Å². The van der Waals surface area contributed by atoms with Crippen LogP contribution in [0.4, 0.5) is 5.69 Å². The largest absolute Gasteiger partial charge is 0.333 e. The second-order valence-corrected chi connectivity index (χ2v) is 6.70. The van der Waals surface area contributed by atoms with Crippen LogP contribution in [0.2, 0.25) is 0 Å². The Morgan fingerprint density at radius 2 is 1.84 bits per heavy atom. The van der Waals surface area contributed by atoms with Crippen LogP contribution in [0.15, 0.2) is 53.0 Å². The lowest BCUT2D eigenvalue weighted by Crippen LogP contribution is -2.34. The molecule has 0 unspecified atom stereocenters. The van der Waals surface area contributed by atoms with Crippen molar-refractivity contribution >= 4 is 39.5 Å². The van der Waals surface area contributed by atoms with Gasteiger partial charge in [0.05, 0.1) is 6.54 Å². The predicted molar refractivity (Wildman–Crippen MR) is 105 cm³/mol. The highest BCUT2D eigenvalue weighted by atomic mass is 79.9. The number of nitrogens with one attached hydrogen (secondary N) is 1. The van der Waals surface area contributed by atoms with Crippen molar-refractivity contribution in [2.75, 3.05) is 18.9 Å². The summed E-state index contributed by atoms with van der Waals surface area (Å²) in [5, 5.41) is 2.86. The van der Waals surface area contributed by atoms with E-state index >= 15 is 0 Å². The molecule has 4 nitrogen and oxygen atoms in total. The number of nitrogens with zero attached hydrogens (tertiary/aromatic N) is 1. The van der Waals surface area contributed by atoms with Crippen LogP contribution in [0.5, 0.6) is 0 Å². The third-order valence-corrected chi connectivity index (χ3v) is 4.67.